The van der Waals surface area contributed by atoms with Crippen LogP contribution in [-0.2, 0) is 25.7 Å². The SMILES string of the molecule is Cl.OCCc1ccc(Cc2cc(-c3ccc(F)c(Cl)c3)nc3c2CCC3)cc1. The number of pyridine rings is 1. The van der Waals surface area contributed by atoms with E-state index in [1.807, 2.05) is 0 Å². The Bertz CT molecular complexity index is 973. The van der Waals surface area contributed by atoms with E-state index in [1.54, 1.807) is 12.1 Å². The van der Waals surface area contributed by atoms with Gasteiger partial charge in [0.2, 0.25) is 0 Å². The Morgan fingerprint density at radius 2 is 1.75 bits per heavy atom. The highest BCUT2D eigenvalue weighted by Gasteiger charge is 2.19. The minimum atomic E-state index is -0.412. The molecule has 146 valence electrons. The Kier molecular flexibility index (Phi) is 6.71. The maximum atomic E-state index is 13.5. The third kappa shape index (κ3) is 4.38. The van der Waals surface area contributed by atoms with Gasteiger partial charge in [-0.3, -0.25) is 4.98 Å². The number of rotatable bonds is 5. The summed E-state index contributed by atoms with van der Waals surface area (Å²) in [5, 5.41) is 9.19. The van der Waals surface area contributed by atoms with E-state index in [0.717, 1.165) is 48.2 Å². The van der Waals surface area contributed by atoms with Crippen LogP contribution in [0.4, 0.5) is 4.39 Å². The highest BCUT2D eigenvalue weighted by atomic mass is 35.5. The van der Waals surface area contributed by atoms with Crippen LogP contribution in [0.5, 0.6) is 0 Å². The smallest absolute Gasteiger partial charge is 0.141 e. The third-order valence-electron chi connectivity index (χ3n) is 5.18. The molecule has 0 spiro atoms. The Balaban J connectivity index is 0.00000225. The van der Waals surface area contributed by atoms with Crippen molar-refractivity contribution in [1.82, 2.24) is 4.98 Å². The van der Waals surface area contributed by atoms with Crippen LogP contribution >= 0.6 is 24.0 Å². The molecular weight excluding hydrogens is 396 g/mol. The number of fused-ring (bicyclic) bond motifs is 1. The van der Waals surface area contributed by atoms with Crippen LogP contribution in [-0.4, -0.2) is 16.7 Å². The van der Waals surface area contributed by atoms with Crippen LogP contribution in [0.2, 0.25) is 5.02 Å². The van der Waals surface area contributed by atoms with E-state index >= 15 is 0 Å². The van der Waals surface area contributed by atoms with Crippen molar-refractivity contribution >= 4 is 24.0 Å². The van der Waals surface area contributed by atoms with E-state index in [4.69, 9.17) is 21.7 Å². The van der Waals surface area contributed by atoms with Crippen LogP contribution < -0.4 is 0 Å². The molecule has 0 radical (unpaired) electrons. The molecule has 1 aliphatic carbocycles. The number of hydrogen-bond acceptors (Lipinski definition) is 2. The zero-order valence-electron chi connectivity index (χ0n) is 15.4. The van der Waals surface area contributed by atoms with Crippen molar-refractivity contribution in [3.63, 3.8) is 0 Å². The second-order valence-corrected chi connectivity index (χ2v) is 7.45. The van der Waals surface area contributed by atoms with Crippen LogP contribution in [0.1, 0.15) is 34.4 Å². The quantitative estimate of drug-likeness (QED) is 0.587. The standard InChI is InChI=1S/C23H21ClFNO.ClH/c24-20-13-17(8-9-21(20)25)23-14-18(19-2-1-3-22(19)26-23)12-16-6-4-15(5-7-16)10-11-27;/h4-9,13-14,27H,1-3,10-12H2;1H. The van der Waals surface area contributed by atoms with Crippen molar-refractivity contribution < 1.29 is 9.50 Å². The summed E-state index contributed by atoms with van der Waals surface area (Å²) in [6.07, 6.45) is 4.69. The molecule has 2 nitrogen and oxygen atoms in total. The average molecular weight is 418 g/mol. The van der Waals surface area contributed by atoms with Gasteiger partial charge in [0.15, 0.2) is 0 Å². The van der Waals surface area contributed by atoms with Gasteiger partial charge < -0.3 is 5.11 Å². The van der Waals surface area contributed by atoms with Crippen LogP contribution in [0, 0.1) is 5.82 Å². The van der Waals surface area contributed by atoms with Gasteiger partial charge in [-0.1, -0.05) is 35.9 Å². The molecule has 0 fully saturated rings. The van der Waals surface area contributed by atoms with Crippen molar-refractivity contribution in [3.05, 3.63) is 87.3 Å². The first-order valence-electron chi connectivity index (χ1n) is 9.30. The van der Waals surface area contributed by atoms with E-state index in [-0.39, 0.29) is 24.0 Å². The Morgan fingerprint density at radius 1 is 1.00 bits per heavy atom. The summed E-state index contributed by atoms with van der Waals surface area (Å²) in [5.74, 6) is -0.412. The maximum absolute atomic E-state index is 13.5. The minimum Gasteiger partial charge on any atom is -0.396 e. The molecule has 0 aliphatic heterocycles. The van der Waals surface area contributed by atoms with Crippen LogP contribution in [0.25, 0.3) is 11.3 Å². The van der Waals surface area contributed by atoms with Crippen molar-refractivity contribution in [3.8, 4) is 11.3 Å². The van der Waals surface area contributed by atoms with E-state index in [9.17, 15) is 4.39 Å². The molecule has 2 aromatic carbocycles. The predicted octanol–water partition coefficient (Wildman–Crippen LogP) is 5.58. The molecule has 1 N–H and O–H groups in total. The number of halogens is 3. The fourth-order valence-corrected chi connectivity index (χ4v) is 3.94. The van der Waals surface area contributed by atoms with Crippen molar-refractivity contribution in [2.75, 3.05) is 6.61 Å². The van der Waals surface area contributed by atoms with E-state index in [2.05, 4.69) is 30.3 Å². The molecule has 0 saturated heterocycles. The summed E-state index contributed by atoms with van der Waals surface area (Å²) < 4.78 is 13.5. The molecule has 1 heterocycles. The molecule has 5 heteroatoms. The van der Waals surface area contributed by atoms with Gasteiger partial charge in [-0.25, -0.2) is 4.39 Å². The second kappa shape index (κ2) is 9.04. The molecule has 1 aromatic heterocycles. The second-order valence-electron chi connectivity index (χ2n) is 7.04. The van der Waals surface area contributed by atoms with E-state index in [0.29, 0.717) is 6.42 Å². The summed E-state index contributed by atoms with van der Waals surface area (Å²) in [6, 6.07) is 15.3. The normalized spacial score (nSPS) is 12.5. The first kappa shape index (κ1) is 20.8. The van der Waals surface area contributed by atoms with Gasteiger partial charge in [0.1, 0.15) is 5.82 Å². The van der Waals surface area contributed by atoms with Gasteiger partial charge in [-0.2, -0.15) is 0 Å². The lowest BCUT2D eigenvalue weighted by Crippen LogP contribution is -2.00. The molecule has 0 amide bonds. The summed E-state index contributed by atoms with van der Waals surface area (Å²) >= 11 is 5.97. The highest BCUT2D eigenvalue weighted by Crippen LogP contribution is 2.31. The highest BCUT2D eigenvalue weighted by molar-refractivity contribution is 6.31. The molecule has 0 unspecified atom stereocenters. The Morgan fingerprint density at radius 3 is 2.46 bits per heavy atom. The molecule has 0 saturated carbocycles. The monoisotopic (exact) mass is 417 g/mol. The summed E-state index contributed by atoms with van der Waals surface area (Å²) in [6.45, 7) is 0.167. The van der Waals surface area contributed by atoms with Gasteiger partial charge in [0.05, 0.1) is 10.7 Å². The first-order chi connectivity index (χ1) is 13.1. The predicted molar refractivity (Wildman–Crippen MR) is 114 cm³/mol. The van der Waals surface area contributed by atoms with E-state index in [1.165, 1.54) is 22.8 Å². The van der Waals surface area contributed by atoms with Crippen molar-refractivity contribution in [2.45, 2.75) is 32.1 Å². The minimum absolute atomic E-state index is 0. The topological polar surface area (TPSA) is 33.1 Å². The average Bonchev–Trinajstić information content (AvgIpc) is 3.15. The lowest BCUT2D eigenvalue weighted by Gasteiger charge is -2.12. The summed E-state index contributed by atoms with van der Waals surface area (Å²) in [7, 11) is 0. The lowest BCUT2D eigenvalue weighted by atomic mass is 9.96. The van der Waals surface area contributed by atoms with E-state index < -0.39 is 5.82 Å². The number of aromatic nitrogens is 1. The van der Waals surface area contributed by atoms with Crippen molar-refractivity contribution in [1.29, 1.82) is 0 Å². The fraction of sp³-hybridized carbons (Fsp3) is 0.261. The molecule has 0 atom stereocenters. The fourth-order valence-electron chi connectivity index (χ4n) is 3.76. The van der Waals surface area contributed by atoms with Gasteiger partial charge in [-0.05, 0) is 78.6 Å². The zero-order chi connectivity index (χ0) is 18.8. The van der Waals surface area contributed by atoms with Crippen LogP contribution in [0.3, 0.4) is 0 Å². The Labute approximate surface area is 175 Å². The third-order valence-corrected chi connectivity index (χ3v) is 5.47. The molecule has 28 heavy (non-hydrogen) atoms. The van der Waals surface area contributed by atoms with Gasteiger partial charge in [0.25, 0.3) is 0 Å². The largest absolute Gasteiger partial charge is 0.396 e. The molecular formula is C23H22Cl2FNO. The number of benzene rings is 2. The van der Waals surface area contributed by atoms with Gasteiger partial charge >= 0.3 is 0 Å². The van der Waals surface area contributed by atoms with Gasteiger partial charge in [-0.15, -0.1) is 12.4 Å². The molecule has 0 bridgehead atoms. The number of aliphatic hydroxyl groups is 1. The van der Waals surface area contributed by atoms with Crippen LogP contribution in [0.15, 0.2) is 48.5 Å². The van der Waals surface area contributed by atoms with Gasteiger partial charge in [0, 0.05) is 17.9 Å². The van der Waals surface area contributed by atoms with Crippen molar-refractivity contribution in [2.24, 2.45) is 0 Å². The Hall–Kier alpha value is -1.94. The number of hydrogen-bond donors (Lipinski definition) is 1. The first-order valence-corrected chi connectivity index (χ1v) is 9.67. The maximum Gasteiger partial charge on any atom is 0.141 e. The summed E-state index contributed by atoms with van der Waals surface area (Å²) in [5.41, 5.74) is 7.86. The number of aliphatic hydroxyl groups excluding tert-OH is 1. The lowest BCUT2D eigenvalue weighted by molar-refractivity contribution is 0.299. The summed E-state index contributed by atoms with van der Waals surface area (Å²) in [4.78, 5) is 4.83. The molecule has 1 aliphatic rings. The zero-order valence-corrected chi connectivity index (χ0v) is 17.0. The molecule has 3 aromatic rings. The number of aryl methyl sites for hydroxylation is 1. The number of nitrogens with zero attached hydrogens (tertiary/aromatic N) is 1. The molecule has 4 rings (SSSR count).